The lowest BCUT2D eigenvalue weighted by atomic mass is 10.1. The molecule has 0 bridgehead atoms. The normalized spacial score (nSPS) is 14.0. The molecule has 44 heavy (non-hydrogen) atoms. The third-order valence-corrected chi connectivity index (χ3v) is 9.71. The smallest absolute Gasteiger partial charge is 0.264 e. The van der Waals surface area contributed by atoms with Crippen LogP contribution in [0.2, 0.25) is 5.02 Å². The largest absolute Gasteiger partial charge is 0.497 e. The van der Waals surface area contributed by atoms with Gasteiger partial charge < -0.3 is 24.4 Å². The highest BCUT2D eigenvalue weighted by Gasteiger charge is 2.34. The first kappa shape index (κ1) is 32.9. The Labute approximate surface area is 263 Å². The van der Waals surface area contributed by atoms with E-state index in [9.17, 15) is 18.0 Å². The molecule has 0 spiro atoms. The number of amides is 2. The molecule has 12 heteroatoms. The summed E-state index contributed by atoms with van der Waals surface area (Å²) in [6.45, 7) is 1.13. The lowest BCUT2D eigenvalue weighted by molar-refractivity contribution is -0.139. The van der Waals surface area contributed by atoms with E-state index in [2.05, 4.69) is 5.32 Å². The minimum atomic E-state index is -4.31. The second-order valence-electron chi connectivity index (χ2n) is 10.5. The zero-order chi connectivity index (χ0) is 31.9. The van der Waals surface area contributed by atoms with Gasteiger partial charge in [-0.25, -0.2) is 8.42 Å². The van der Waals surface area contributed by atoms with E-state index in [1.165, 1.54) is 49.5 Å². The highest BCUT2D eigenvalue weighted by molar-refractivity contribution is 7.92. The average molecular weight is 644 g/mol. The molecule has 1 atom stereocenters. The summed E-state index contributed by atoms with van der Waals surface area (Å²) in [4.78, 5) is 28.9. The summed E-state index contributed by atoms with van der Waals surface area (Å²) in [5.74, 6) is 0.298. The molecule has 3 aromatic carbocycles. The van der Waals surface area contributed by atoms with Gasteiger partial charge in [-0.2, -0.15) is 0 Å². The predicted octanol–water partition coefficient (Wildman–Crippen LogP) is 5.04. The van der Waals surface area contributed by atoms with Crippen LogP contribution in [0.25, 0.3) is 0 Å². The van der Waals surface area contributed by atoms with Crippen molar-refractivity contribution in [3.8, 4) is 17.2 Å². The number of halogens is 1. The van der Waals surface area contributed by atoms with Crippen LogP contribution in [-0.4, -0.2) is 65.1 Å². The molecular weight excluding hydrogens is 606 g/mol. The number of rotatable bonds is 13. The maximum absolute atomic E-state index is 14.2. The first-order valence-electron chi connectivity index (χ1n) is 14.3. The van der Waals surface area contributed by atoms with Crippen LogP contribution in [0, 0.1) is 0 Å². The van der Waals surface area contributed by atoms with E-state index in [0.717, 1.165) is 35.6 Å². The highest BCUT2D eigenvalue weighted by atomic mass is 35.5. The van der Waals surface area contributed by atoms with E-state index in [0.29, 0.717) is 16.5 Å². The van der Waals surface area contributed by atoms with Crippen molar-refractivity contribution in [2.24, 2.45) is 0 Å². The maximum Gasteiger partial charge on any atom is 0.264 e. The van der Waals surface area contributed by atoms with E-state index in [1.807, 2.05) is 6.07 Å². The highest BCUT2D eigenvalue weighted by Crippen LogP contribution is 2.33. The van der Waals surface area contributed by atoms with Crippen LogP contribution < -0.4 is 23.8 Å². The molecule has 10 nitrogen and oxygen atoms in total. The number of methoxy groups -OCH3 is 3. The van der Waals surface area contributed by atoms with Crippen molar-refractivity contribution < 1.29 is 32.2 Å². The second kappa shape index (κ2) is 14.7. The molecular formula is C32H38ClN3O7S. The monoisotopic (exact) mass is 643 g/mol. The number of anilines is 1. The Balaban J connectivity index is 1.72. The number of hydrogen-bond acceptors (Lipinski definition) is 7. The number of carbonyl (C=O) groups is 2. The summed E-state index contributed by atoms with van der Waals surface area (Å²) in [5.41, 5.74) is 0.945. The summed E-state index contributed by atoms with van der Waals surface area (Å²) in [5, 5.41) is 3.47. The topological polar surface area (TPSA) is 114 Å². The molecule has 0 aromatic heterocycles. The fraction of sp³-hybridized carbons (Fsp3) is 0.375. The SMILES string of the molecule is COc1cccc(CN(C(=O)CN(c2ccc(Cl)cc2)S(=O)(=O)c2ccc(OC)c(OC)c2)C(C)C(=O)NC2CCCC2)c1. The average Bonchev–Trinajstić information content (AvgIpc) is 3.55. The van der Waals surface area contributed by atoms with E-state index in [4.69, 9.17) is 25.8 Å². The third kappa shape index (κ3) is 7.75. The van der Waals surface area contributed by atoms with Crippen molar-refractivity contribution in [2.75, 3.05) is 32.2 Å². The summed E-state index contributed by atoms with van der Waals surface area (Å²) >= 11 is 6.11. The standard InChI is InChI=1S/C32H38ClN3O7S/c1-22(32(38)34-25-9-5-6-10-25)35(20-23-8-7-11-27(18-23)41-2)31(37)21-36(26-14-12-24(33)13-15-26)44(39,40)28-16-17-29(42-3)30(19-28)43-4/h7-8,11-19,22,25H,5-6,9-10,20-21H2,1-4H3,(H,34,38). The van der Waals surface area contributed by atoms with Crippen molar-refractivity contribution in [2.45, 2.75) is 56.1 Å². The first-order chi connectivity index (χ1) is 21.1. The Hall–Kier alpha value is -3.96. The number of ether oxygens (including phenoxy) is 3. The predicted molar refractivity (Wildman–Crippen MR) is 169 cm³/mol. The third-order valence-electron chi connectivity index (χ3n) is 7.69. The molecule has 0 aliphatic heterocycles. The number of nitrogens with one attached hydrogen (secondary N) is 1. The van der Waals surface area contributed by atoms with Crippen LogP contribution in [-0.2, 0) is 26.2 Å². The Morgan fingerprint density at radius 1 is 0.932 bits per heavy atom. The van der Waals surface area contributed by atoms with Gasteiger partial charge in [0.15, 0.2) is 11.5 Å². The van der Waals surface area contributed by atoms with Gasteiger partial charge in [-0.3, -0.25) is 13.9 Å². The number of carbonyl (C=O) groups excluding carboxylic acids is 2. The van der Waals surface area contributed by atoms with Gasteiger partial charge in [0.1, 0.15) is 18.3 Å². The Bertz CT molecular complexity index is 1560. The van der Waals surface area contributed by atoms with Gasteiger partial charge in [0.05, 0.1) is 31.9 Å². The van der Waals surface area contributed by atoms with Crippen molar-refractivity contribution >= 4 is 39.1 Å². The van der Waals surface area contributed by atoms with Crippen LogP contribution in [0.4, 0.5) is 5.69 Å². The van der Waals surface area contributed by atoms with E-state index in [-0.39, 0.29) is 34.8 Å². The molecule has 1 aliphatic rings. The minimum absolute atomic E-state index is 0.0507. The molecule has 1 N–H and O–H groups in total. The maximum atomic E-state index is 14.2. The Morgan fingerprint density at radius 3 is 2.25 bits per heavy atom. The van der Waals surface area contributed by atoms with Gasteiger partial charge in [0.25, 0.3) is 10.0 Å². The Kier molecular flexibility index (Phi) is 11.0. The van der Waals surface area contributed by atoms with Gasteiger partial charge in [-0.15, -0.1) is 0 Å². The van der Waals surface area contributed by atoms with Crippen molar-refractivity contribution in [3.05, 3.63) is 77.3 Å². The number of hydrogen-bond donors (Lipinski definition) is 1. The Morgan fingerprint density at radius 2 is 1.61 bits per heavy atom. The van der Waals surface area contributed by atoms with E-state index in [1.54, 1.807) is 44.4 Å². The van der Waals surface area contributed by atoms with Crippen LogP contribution in [0.5, 0.6) is 17.2 Å². The molecule has 1 fully saturated rings. The first-order valence-corrected chi connectivity index (χ1v) is 16.1. The van der Waals surface area contributed by atoms with E-state index < -0.39 is 28.5 Å². The number of sulfonamides is 1. The molecule has 1 unspecified atom stereocenters. The van der Waals surface area contributed by atoms with Gasteiger partial charge in [0.2, 0.25) is 11.8 Å². The van der Waals surface area contributed by atoms with Crippen molar-refractivity contribution in [1.82, 2.24) is 10.2 Å². The van der Waals surface area contributed by atoms with Gasteiger partial charge in [-0.1, -0.05) is 36.6 Å². The molecule has 0 radical (unpaired) electrons. The van der Waals surface area contributed by atoms with Crippen LogP contribution in [0.15, 0.2) is 71.6 Å². The zero-order valence-electron chi connectivity index (χ0n) is 25.3. The summed E-state index contributed by atoms with van der Waals surface area (Å²) in [6.07, 6.45) is 3.85. The zero-order valence-corrected chi connectivity index (χ0v) is 26.9. The molecule has 0 saturated heterocycles. The van der Waals surface area contributed by atoms with Gasteiger partial charge in [0, 0.05) is 23.7 Å². The summed E-state index contributed by atoms with van der Waals surface area (Å²) in [7, 11) is 0.0858. The minimum Gasteiger partial charge on any atom is -0.497 e. The molecule has 3 aromatic rings. The number of nitrogens with zero attached hydrogens (tertiary/aromatic N) is 2. The van der Waals surface area contributed by atoms with Gasteiger partial charge >= 0.3 is 0 Å². The molecule has 2 amide bonds. The van der Waals surface area contributed by atoms with Crippen LogP contribution >= 0.6 is 11.6 Å². The molecule has 4 rings (SSSR count). The fourth-order valence-corrected chi connectivity index (χ4v) is 6.74. The quantitative estimate of drug-likeness (QED) is 0.278. The van der Waals surface area contributed by atoms with Crippen LogP contribution in [0.1, 0.15) is 38.2 Å². The molecule has 1 saturated carbocycles. The van der Waals surface area contributed by atoms with E-state index >= 15 is 0 Å². The van der Waals surface area contributed by atoms with Gasteiger partial charge in [-0.05, 0) is 73.9 Å². The molecule has 1 aliphatic carbocycles. The van der Waals surface area contributed by atoms with Crippen LogP contribution in [0.3, 0.4) is 0 Å². The lowest BCUT2D eigenvalue weighted by Gasteiger charge is -2.32. The molecule has 236 valence electrons. The molecule has 0 heterocycles. The number of benzene rings is 3. The fourth-order valence-electron chi connectivity index (χ4n) is 5.18. The summed E-state index contributed by atoms with van der Waals surface area (Å²) in [6, 6.07) is 16.7. The van der Waals surface area contributed by atoms with Crippen molar-refractivity contribution in [3.63, 3.8) is 0 Å². The van der Waals surface area contributed by atoms with Crippen molar-refractivity contribution in [1.29, 1.82) is 0 Å². The second-order valence-corrected chi connectivity index (χ2v) is 12.8. The summed E-state index contributed by atoms with van der Waals surface area (Å²) < 4.78 is 45.3. The lowest BCUT2D eigenvalue weighted by Crippen LogP contribution is -2.52.